The van der Waals surface area contributed by atoms with Crippen molar-refractivity contribution in [2.24, 2.45) is 4.99 Å². The SMILES string of the molecule is CCOCCn1c(=NC(=O)c2cccc(NS(=O)(=O)c3ccc(C)cc3)c2)sc2ccccc21. The summed E-state index contributed by atoms with van der Waals surface area (Å²) in [4.78, 5) is 18.1. The predicted molar refractivity (Wildman–Crippen MR) is 135 cm³/mol. The molecule has 0 saturated carbocycles. The molecule has 0 fully saturated rings. The molecule has 4 rings (SSSR count). The van der Waals surface area contributed by atoms with E-state index < -0.39 is 15.9 Å². The summed E-state index contributed by atoms with van der Waals surface area (Å²) in [5.74, 6) is -0.451. The van der Waals surface area contributed by atoms with Crippen LogP contribution in [0.15, 0.2) is 82.7 Å². The number of anilines is 1. The van der Waals surface area contributed by atoms with Gasteiger partial charge >= 0.3 is 0 Å². The van der Waals surface area contributed by atoms with Gasteiger partial charge < -0.3 is 9.30 Å². The van der Waals surface area contributed by atoms with E-state index in [9.17, 15) is 13.2 Å². The molecule has 0 unspecified atom stereocenters. The van der Waals surface area contributed by atoms with E-state index in [1.54, 1.807) is 42.5 Å². The Labute approximate surface area is 202 Å². The van der Waals surface area contributed by atoms with Gasteiger partial charge in [-0.2, -0.15) is 4.99 Å². The van der Waals surface area contributed by atoms with Gasteiger partial charge in [0.25, 0.3) is 15.9 Å². The van der Waals surface area contributed by atoms with E-state index in [4.69, 9.17) is 4.74 Å². The highest BCUT2D eigenvalue weighted by Gasteiger charge is 2.15. The number of nitrogens with zero attached hydrogens (tertiary/aromatic N) is 2. The summed E-state index contributed by atoms with van der Waals surface area (Å²) in [7, 11) is -3.78. The van der Waals surface area contributed by atoms with Crippen LogP contribution in [0, 0.1) is 6.92 Å². The van der Waals surface area contributed by atoms with E-state index in [1.165, 1.54) is 17.4 Å². The van der Waals surface area contributed by atoms with Gasteiger partial charge in [0.2, 0.25) is 0 Å². The van der Waals surface area contributed by atoms with Crippen molar-refractivity contribution in [1.82, 2.24) is 4.57 Å². The van der Waals surface area contributed by atoms with E-state index in [-0.39, 0.29) is 10.5 Å². The fourth-order valence-corrected chi connectivity index (χ4v) is 5.53. The molecule has 7 nitrogen and oxygen atoms in total. The Bertz CT molecular complexity index is 1490. The monoisotopic (exact) mass is 495 g/mol. The lowest BCUT2D eigenvalue weighted by atomic mass is 10.2. The minimum Gasteiger partial charge on any atom is -0.380 e. The zero-order chi connectivity index (χ0) is 24.1. The Morgan fingerprint density at radius 1 is 1.06 bits per heavy atom. The second-order valence-corrected chi connectivity index (χ2v) is 10.3. The van der Waals surface area contributed by atoms with Crippen LogP contribution in [-0.2, 0) is 21.3 Å². The molecular formula is C25H25N3O4S2. The minimum atomic E-state index is -3.78. The number of benzene rings is 3. The minimum absolute atomic E-state index is 0.153. The first-order chi connectivity index (χ1) is 16.4. The van der Waals surface area contributed by atoms with Crippen LogP contribution < -0.4 is 9.52 Å². The van der Waals surface area contributed by atoms with Crippen molar-refractivity contribution in [3.05, 3.63) is 88.7 Å². The van der Waals surface area contributed by atoms with Crippen LogP contribution in [0.5, 0.6) is 0 Å². The largest absolute Gasteiger partial charge is 0.380 e. The summed E-state index contributed by atoms with van der Waals surface area (Å²) in [5, 5.41) is 0. The highest BCUT2D eigenvalue weighted by Crippen LogP contribution is 2.19. The second-order valence-electron chi connectivity index (χ2n) is 7.62. The molecule has 0 saturated heterocycles. The fourth-order valence-electron chi connectivity index (χ4n) is 3.42. The van der Waals surface area contributed by atoms with Gasteiger partial charge in [0.1, 0.15) is 0 Å². The number of thiazole rings is 1. The summed E-state index contributed by atoms with van der Waals surface area (Å²) in [6.07, 6.45) is 0. The van der Waals surface area contributed by atoms with Crippen LogP contribution in [0.25, 0.3) is 10.2 Å². The number of rotatable bonds is 8. The third kappa shape index (κ3) is 5.44. The maximum Gasteiger partial charge on any atom is 0.279 e. The van der Waals surface area contributed by atoms with Gasteiger partial charge in [-0.15, -0.1) is 0 Å². The molecule has 34 heavy (non-hydrogen) atoms. The normalized spacial score (nSPS) is 12.2. The molecule has 0 radical (unpaired) electrons. The van der Waals surface area contributed by atoms with Crippen molar-refractivity contribution in [2.45, 2.75) is 25.3 Å². The summed E-state index contributed by atoms with van der Waals surface area (Å²) in [5.41, 5.74) is 2.53. The number of nitrogens with one attached hydrogen (secondary N) is 1. The van der Waals surface area contributed by atoms with Gasteiger partial charge in [-0.1, -0.05) is 47.2 Å². The number of sulfonamides is 1. The average molecular weight is 496 g/mol. The Morgan fingerprint density at radius 2 is 1.82 bits per heavy atom. The molecule has 9 heteroatoms. The average Bonchev–Trinajstić information content (AvgIpc) is 3.16. The molecule has 0 bridgehead atoms. The van der Waals surface area contributed by atoms with Crippen molar-refractivity contribution in [3.63, 3.8) is 0 Å². The number of fused-ring (bicyclic) bond motifs is 1. The van der Waals surface area contributed by atoms with Crippen molar-refractivity contribution >= 4 is 43.2 Å². The van der Waals surface area contributed by atoms with Crippen LogP contribution in [0.1, 0.15) is 22.8 Å². The number of hydrogen-bond acceptors (Lipinski definition) is 5. The molecule has 0 aliphatic carbocycles. The van der Waals surface area contributed by atoms with Gasteiger partial charge in [-0.25, -0.2) is 8.42 Å². The van der Waals surface area contributed by atoms with Gasteiger partial charge in [0.15, 0.2) is 4.80 Å². The molecule has 0 atom stereocenters. The van der Waals surface area contributed by atoms with Gasteiger partial charge in [0.05, 0.1) is 21.7 Å². The molecule has 1 heterocycles. The van der Waals surface area contributed by atoms with E-state index in [0.717, 1.165) is 15.8 Å². The van der Waals surface area contributed by atoms with Crippen LogP contribution in [0.3, 0.4) is 0 Å². The lowest BCUT2D eigenvalue weighted by Crippen LogP contribution is -2.19. The highest BCUT2D eigenvalue weighted by molar-refractivity contribution is 7.92. The molecule has 3 aromatic carbocycles. The van der Waals surface area contributed by atoms with Crippen LogP contribution in [-0.4, -0.2) is 32.1 Å². The van der Waals surface area contributed by atoms with Gasteiger partial charge in [-0.3, -0.25) is 9.52 Å². The lowest BCUT2D eigenvalue weighted by Gasteiger charge is -2.09. The summed E-state index contributed by atoms with van der Waals surface area (Å²) in [6.45, 7) is 5.51. The maximum atomic E-state index is 13.0. The zero-order valence-electron chi connectivity index (χ0n) is 18.9. The number of aromatic nitrogens is 1. The highest BCUT2D eigenvalue weighted by atomic mass is 32.2. The van der Waals surface area contributed by atoms with E-state index in [0.29, 0.717) is 30.2 Å². The molecule has 0 aliphatic heterocycles. The first kappa shape index (κ1) is 23.9. The third-order valence-electron chi connectivity index (χ3n) is 5.14. The van der Waals surface area contributed by atoms with E-state index >= 15 is 0 Å². The number of carbonyl (C=O) groups is 1. The molecule has 1 aromatic heterocycles. The van der Waals surface area contributed by atoms with E-state index in [2.05, 4.69) is 9.71 Å². The van der Waals surface area contributed by atoms with Crippen molar-refractivity contribution in [1.29, 1.82) is 0 Å². The lowest BCUT2D eigenvalue weighted by molar-refractivity contribution is 0.0996. The van der Waals surface area contributed by atoms with Gasteiger partial charge in [-0.05, 0) is 56.3 Å². The number of amides is 1. The van der Waals surface area contributed by atoms with Crippen LogP contribution in [0.4, 0.5) is 5.69 Å². The Morgan fingerprint density at radius 3 is 2.59 bits per heavy atom. The zero-order valence-corrected chi connectivity index (χ0v) is 20.5. The third-order valence-corrected chi connectivity index (χ3v) is 7.60. The van der Waals surface area contributed by atoms with E-state index in [1.807, 2.05) is 42.7 Å². The van der Waals surface area contributed by atoms with Crippen molar-refractivity contribution in [2.75, 3.05) is 17.9 Å². The first-order valence-corrected chi connectivity index (χ1v) is 13.1. The molecule has 1 amide bonds. The number of carbonyl (C=O) groups excluding carboxylic acids is 1. The smallest absolute Gasteiger partial charge is 0.279 e. The molecule has 176 valence electrons. The summed E-state index contributed by atoms with van der Waals surface area (Å²) < 4.78 is 36.5. The molecule has 4 aromatic rings. The molecule has 1 N–H and O–H groups in total. The van der Waals surface area contributed by atoms with Gasteiger partial charge in [0, 0.05) is 24.4 Å². The topological polar surface area (TPSA) is 89.8 Å². The Kier molecular flexibility index (Phi) is 7.26. The summed E-state index contributed by atoms with van der Waals surface area (Å²) >= 11 is 1.43. The maximum absolute atomic E-state index is 13.0. The number of aryl methyl sites for hydroxylation is 1. The predicted octanol–water partition coefficient (Wildman–Crippen LogP) is 4.59. The Balaban J connectivity index is 1.63. The number of para-hydroxylation sites is 1. The molecule has 0 aliphatic rings. The second kappa shape index (κ2) is 10.3. The van der Waals surface area contributed by atoms with Crippen LogP contribution >= 0.6 is 11.3 Å². The Hall–Kier alpha value is -3.27. The fraction of sp³-hybridized carbons (Fsp3) is 0.200. The van der Waals surface area contributed by atoms with Crippen molar-refractivity contribution < 1.29 is 17.9 Å². The quantitative estimate of drug-likeness (QED) is 0.362. The van der Waals surface area contributed by atoms with Crippen molar-refractivity contribution in [3.8, 4) is 0 Å². The van der Waals surface area contributed by atoms with Crippen LogP contribution in [0.2, 0.25) is 0 Å². The first-order valence-electron chi connectivity index (χ1n) is 10.8. The summed E-state index contributed by atoms with van der Waals surface area (Å²) in [6, 6.07) is 20.8. The molecular weight excluding hydrogens is 470 g/mol. The number of hydrogen-bond donors (Lipinski definition) is 1. The molecule has 0 spiro atoms. The standard InChI is InChI=1S/C25H25N3O4S2/c1-3-32-16-15-28-22-9-4-5-10-23(22)33-25(28)26-24(29)19-7-6-8-20(17-19)27-34(30,31)21-13-11-18(2)12-14-21/h4-14,17,27H,3,15-16H2,1-2H3. The number of ether oxygens (including phenoxy) is 1.